The monoisotopic (exact) mass is 306 g/mol. The molecule has 0 fully saturated rings. The van der Waals surface area contributed by atoms with E-state index in [1.165, 1.54) is 17.2 Å². The molecule has 0 aliphatic carbocycles. The summed E-state index contributed by atoms with van der Waals surface area (Å²) in [6.45, 7) is 4.64. The Morgan fingerprint density at radius 1 is 1.17 bits per heavy atom. The minimum atomic E-state index is -0.734. The molecule has 23 heavy (non-hydrogen) atoms. The maximum absolute atomic E-state index is 11.0. The second-order valence-corrected chi connectivity index (χ2v) is 5.31. The Kier molecular flexibility index (Phi) is 5.16. The molecule has 0 bridgehead atoms. The lowest BCUT2D eigenvalue weighted by Crippen LogP contribution is -2.12. The highest BCUT2D eigenvalue weighted by atomic mass is 16.5. The van der Waals surface area contributed by atoms with Gasteiger partial charge in [-0.05, 0) is 54.3 Å². The number of nitrogens with zero attached hydrogens (tertiary/aromatic N) is 1. The molecule has 0 saturated heterocycles. The van der Waals surface area contributed by atoms with Crippen LogP contribution in [0.5, 0.6) is 5.75 Å². The van der Waals surface area contributed by atoms with Crippen molar-refractivity contribution in [2.45, 2.75) is 20.5 Å². The summed E-state index contributed by atoms with van der Waals surface area (Å²) >= 11 is 0. The number of carbonyl (C=O) groups excluding carboxylic acids is 1. The largest absolute Gasteiger partial charge is 0.489 e. The maximum atomic E-state index is 11.0. The SMILES string of the molecule is Cc1ccc(COc2ccc(/C=C(\C#N)C(N)=O)cc2)cc1C. The van der Waals surface area contributed by atoms with E-state index >= 15 is 0 Å². The first-order chi connectivity index (χ1) is 11.0. The van der Waals surface area contributed by atoms with Gasteiger partial charge in [-0.2, -0.15) is 5.26 Å². The Bertz CT molecular complexity index is 784. The topological polar surface area (TPSA) is 76.1 Å². The van der Waals surface area contributed by atoms with Gasteiger partial charge in [-0.25, -0.2) is 0 Å². The normalized spacial score (nSPS) is 10.9. The number of amides is 1. The van der Waals surface area contributed by atoms with Crippen molar-refractivity contribution in [3.8, 4) is 11.8 Å². The standard InChI is InChI=1S/C19H18N2O2/c1-13-3-4-16(9-14(13)2)12-23-18-7-5-15(6-8-18)10-17(11-20)19(21)22/h3-10H,12H2,1-2H3,(H2,21,22)/b17-10+. The zero-order chi connectivity index (χ0) is 16.8. The highest BCUT2D eigenvalue weighted by molar-refractivity contribution is 6.00. The first-order valence-electron chi connectivity index (χ1n) is 7.20. The van der Waals surface area contributed by atoms with E-state index in [9.17, 15) is 4.79 Å². The summed E-state index contributed by atoms with van der Waals surface area (Å²) in [6.07, 6.45) is 1.45. The Labute approximate surface area is 135 Å². The molecule has 2 N–H and O–H groups in total. The predicted octanol–water partition coefficient (Wildman–Crippen LogP) is 3.27. The van der Waals surface area contributed by atoms with Crippen LogP contribution in [0.25, 0.3) is 6.08 Å². The van der Waals surface area contributed by atoms with Crippen LogP contribution in [0.2, 0.25) is 0 Å². The molecule has 0 aromatic heterocycles. The van der Waals surface area contributed by atoms with Crippen molar-refractivity contribution >= 4 is 12.0 Å². The molecule has 2 rings (SSSR count). The van der Waals surface area contributed by atoms with Crippen molar-refractivity contribution in [3.05, 3.63) is 70.3 Å². The lowest BCUT2D eigenvalue weighted by Gasteiger charge is -2.08. The van der Waals surface area contributed by atoms with Crippen molar-refractivity contribution in [2.24, 2.45) is 5.73 Å². The van der Waals surface area contributed by atoms with Gasteiger partial charge in [-0.3, -0.25) is 4.79 Å². The number of aryl methyl sites for hydroxylation is 2. The van der Waals surface area contributed by atoms with Gasteiger partial charge in [-0.15, -0.1) is 0 Å². The number of rotatable bonds is 5. The Hall–Kier alpha value is -3.06. The van der Waals surface area contributed by atoms with Gasteiger partial charge in [-0.1, -0.05) is 30.3 Å². The fourth-order valence-corrected chi connectivity index (χ4v) is 2.05. The molecule has 0 atom stereocenters. The van der Waals surface area contributed by atoms with Crippen LogP contribution in [-0.4, -0.2) is 5.91 Å². The molecule has 1 amide bonds. The molecule has 2 aromatic rings. The maximum Gasteiger partial charge on any atom is 0.259 e. The fraction of sp³-hybridized carbons (Fsp3) is 0.158. The van der Waals surface area contributed by atoms with Gasteiger partial charge in [0, 0.05) is 0 Å². The summed E-state index contributed by atoms with van der Waals surface area (Å²) in [5.41, 5.74) is 9.36. The van der Waals surface area contributed by atoms with Gasteiger partial charge in [0.15, 0.2) is 0 Å². The van der Waals surface area contributed by atoms with Gasteiger partial charge >= 0.3 is 0 Å². The molecular formula is C19H18N2O2. The van der Waals surface area contributed by atoms with Crippen LogP contribution in [-0.2, 0) is 11.4 Å². The van der Waals surface area contributed by atoms with E-state index in [-0.39, 0.29) is 5.57 Å². The molecule has 0 unspecified atom stereocenters. The lowest BCUT2D eigenvalue weighted by atomic mass is 10.1. The van der Waals surface area contributed by atoms with Crippen molar-refractivity contribution in [2.75, 3.05) is 0 Å². The second-order valence-electron chi connectivity index (χ2n) is 5.31. The average Bonchev–Trinajstić information content (AvgIpc) is 2.54. The van der Waals surface area contributed by atoms with Gasteiger partial charge in [0.25, 0.3) is 5.91 Å². The first-order valence-corrected chi connectivity index (χ1v) is 7.20. The zero-order valence-corrected chi connectivity index (χ0v) is 13.2. The third-order valence-corrected chi connectivity index (χ3v) is 3.55. The van der Waals surface area contributed by atoms with E-state index in [0.717, 1.165) is 16.9 Å². The molecule has 4 heteroatoms. The fourth-order valence-electron chi connectivity index (χ4n) is 2.05. The van der Waals surface area contributed by atoms with Crippen molar-refractivity contribution in [1.29, 1.82) is 5.26 Å². The number of primary amides is 1. The minimum absolute atomic E-state index is 0.0752. The number of benzene rings is 2. The molecule has 0 heterocycles. The number of hydrogen-bond acceptors (Lipinski definition) is 3. The number of ether oxygens (including phenoxy) is 1. The van der Waals surface area contributed by atoms with Crippen LogP contribution >= 0.6 is 0 Å². The van der Waals surface area contributed by atoms with Crippen LogP contribution in [0.4, 0.5) is 0 Å². The summed E-state index contributed by atoms with van der Waals surface area (Å²) in [5, 5.41) is 8.82. The van der Waals surface area contributed by atoms with E-state index < -0.39 is 5.91 Å². The summed E-state index contributed by atoms with van der Waals surface area (Å²) in [5.74, 6) is -0.0134. The third-order valence-electron chi connectivity index (χ3n) is 3.55. The Morgan fingerprint density at radius 2 is 1.87 bits per heavy atom. The van der Waals surface area contributed by atoms with Crippen LogP contribution in [0.15, 0.2) is 48.0 Å². The van der Waals surface area contributed by atoms with E-state index in [1.54, 1.807) is 30.3 Å². The van der Waals surface area contributed by atoms with Crippen LogP contribution in [0.3, 0.4) is 0 Å². The molecule has 0 radical (unpaired) electrons. The average molecular weight is 306 g/mol. The van der Waals surface area contributed by atoms with Gasteiger partial charge < -0.3 is 10.5 Å². The van der Waals surface area contributed by atoms with Crippen molar-refractivity contribution < 1.29 is 9.53 Å². The number of nitrogens with two attached hydrogens (primary N) is 1. The third kappa shape index (κ3) is 4.45. The number of hydrogen-bond donors (Lipinski definition) is 1. The van der Waals surface area contributed by atoms with Crippen LogP contribution in [0.1, 0.15) is 22.3 Å². The molecule has 0 aliphatic heterocycles. The smallest absolute Gasteiger partial charge is 0.259 e. The Morgan fingerprint density at radius 3 is 2.43 bits per heavy atom. The van der Waals surface area contributed by atoms with Gasteiger partial charge in [0.1, 0.15) is 24.0 Å². The van der Waals surface area contributed by atoms with E-state index in [4.69, 9.17) is 15.7 Å². The Balaban J connectivity index is 2.04. The van der Waals surface area contributed by atoms with Crippen LogP contribution < -0.4 is 10.5 Å². The summed E-state index contributed by atoms with van der Waals surface area (Å²) in [6, 6.07) is 15.1. The highest BCUT2D eigenvalue weighted by Crippen LogP contribution is 2.17. The summed E-state index contributed by atoms with van der Waals surface area (Å²) in [7, 11) is 0. The molecule has 4 nitrogen and oxygen atoms in total. The van der Waals surface area contributed by atoms with Crippen molar-refractivity contribution in [1.82, 2.24) is 0 Å². The van der Waals surface area contributed by atoms with Gasteiger partial charge in [0.2, 0.25) is 0 Å². The molecule has 116 valence electrons. The lowest BCUT2D eigenvalue weighted by molar-refractivity contribution is -0.114. The second kappa shape index (κ2) is 7.28. The molecule has 0 saturated carbocycles. The quantitative estimate of drug-likeness (QED) is 0.680. The molecule has 0 aliphatic rings. The molecule has 0 spiro atoms. The highest BCUT2D eigenvalue weighted by Gasteiger charge is 2.03. The van der Waals surface area contributed by atoms with E-state index in [1.807, 2.05) is 6.07 Å². The van der Waals surface area contributed by atoms with E-state index in [2.05, 4.69) is 26.0 Å². The van der Waals surface area contributed by atoms with E-state index in [0.29, 0.717) is 6.61 Å². The minimum Gasteiger partial charge on any atom is -0.489 e. The zero-order valence-electron chi connectivity index (χ0n) is 13.2. The first kappa shape index (κ1) is 16.3. The molecule has 2 aromatic carbocycles. The van der Waals surface area contributed by atoms with Crippen LogP contribution in [0, 0.1) is 25.2 Å². The molecular weight excluding hydrogens is 288 g/mol. The number of carbonyl (C=O) groups is 1. The van der Waals surface area contributed by atoms with Crippen molar-refractivity contribution in [3.63, 3.8) is 0 Å². The van der Waals surface area contributed by atoms with Gasteiger partial charge in [0.05, 0.1) is 0 Å². The summed E-state index contributed by atoms with van der Waals surface area (Å²) in [4.78, 5) is 11.0. The predicted molar refractivity (Wildman–Crippen MR) is 89.5 cm³/mol. The number of nitriles is 1. The summed E-state index contributed by atoms with van der Waals surface area (Å²) < 4.78 is 5.74.